The number of anilines is 1. The first kappa shape index (κ1) is 11.0. The monoisotopic (exact) mass is 241 g/mol. The van der Waals surface area contributed by atoms with Crippen LogP contribution in [0.15, 0.2) is 42.5 Å². The van der Waals surface area contributed by atoms with Crippen molar-refractivity contribution >= 4 is 11.6 Å². The largest absolute Gasteiger partial charge is 0.326 e. The minimum atomic E-state index is -0.237. The van der Waals surface area contributed by atoms with Crippen LogP contribution in [0.3, 0.4) is 0 Å². The van der Waals surface area contributed by atoms with Gasteiger partial charge >= 0.3 is 0 Å². The van der Waals surface area contributed by atoms with Gasteiger partial charge in [0.05, 0.1) is 0 Å². The summed E-state index contributed by atoms with van der Waals surface area (Å²) in [6.07, 6.45) is 1.25. The van der Waals surface area contributed by atoms with Crippen LogP contribution >= 0.6 is 0 Å². The molecule has 0 saturated heterocycles. The van der Waals surface area contributed by atoms with E-state index >= 15 is 0 Å². The van der Waals surface area contributed by atoms with Gasteiger partial charge in [-0.25, -0.2) is 4.39 Å². The van der Waals surface area contributed by atoms with Crippen molar-refractivity contribution in [3.05, 3.63) is 53.8 Å². The first-order chi connectivity index (χ1) is 8.72. The van der Waals surface area contributed by atoms with Crippen LogP contribution in [0.4, 0.5) is 10.1 Å². The van der Waals surface area contributed by atoms with Crippen LogP contribution < -0.4 is 5.32 Å². The highest BCUT2D eigenvalue weighted by Crippen LogP contribution is 2.28. The summed E-state index contributed by atoms with van der Waals surface area (Å²) in [7, 11) is 0. The molecule has 0 bridgehead atoms. The normalized spacial score (nSPS) is 13.9. The fourth-order valence-electron chi connectivity index (χ4n) is 2.23. The number of hydrogen-bond acceptors (Lipinski definition) is 1. The van der Waals surface area contributed by atoms with E-state index in [9.17, 15) is 9.18 Å². The van der Waals surface area contributed by atoms with E-state index in [1.807, 2.05) is 24.3 Å². The van der Waals surface area contributed by atoms with Crippen molar-refractivity contribution in [3.63, 3.8) is 0 Å². The highest BCUT2D eigenvalue weighted by Gasteiger charge is 2.15. The number of rotatable bonds is 1. The van der Waals surface area contributed by atoms with Gasteiger partial charge in [-0.3, -0.25) is 4.79 Å². The summed E-state index contributed by atoms with van der Waals surface area (Å²) < 4.78 is 13.2. The maximum Gasteiger partial charge on any atom is 0.224 e. The van der Waals surface area contributed by atoms with Crippen molar-refractivity contribution in [2.45, 2.75) is 12.8 Å². The Bertz CT molecular complexity index is 622. The van der Waals surface area contributed by atoms with Crippen LogP contribution in [-0.4, -0.2) is 5.91 Å². The third kappa shape index (κ3) is 1.99. The molecule has 2 aromatic rings. The number of halogens is 1. The quantitative estimate of drug-likeness (QED) is 0.814. The second kappa shape index (κ2) is 4.26. The fraction of sp³-hybridized carbons (Fsp3) is 0.133. The SMILES string of the molecule is O=C1CCc2cc(-c3cccc(F)c3)ccc2N1. The van der Waals surface area contributed by atoms with Crippen molar-refractivity contribution in [1.29, 1.82) is 0 Å². The van der Waals surface area contributed by atoms with Gasteiger partial charge in [-0.1, -0.05) is 18.2 Å². The summed E-state index contributed by atoms with van der Waals surface area (Å²) in [6.45, 7) is 0. The maximum absolute atomic E-state index is 13.2. The topological polar surface area (TPSA) is 29.1 Å². The van der Waals surface area contributed by atoms with Crippen molar-refractivity contribution in [2.24, 2.45) is 0 Å². The molecule has 3 rings (SSSR count). The molecular weight excluding hydrogens is 229 g/mol. The molecule has 1 heterocycles. The fourth-order valence-corrected chi connectivity index (χ4v) is 2.23. The van der Waals surface area contributed by atoms with Gasteiger partial charge < -0.3 is 5.32 Å². The third-order valence-corrected chi connectivity index (χ3v) is 3.16. The average Bonchev–Trinajstić information content (AvgIpc) is 2.38. The molecule has 0 aromatic heterocycles. The maximum atomic E-state index is 13.2. The van der Waals surface area contributed by atoms with Gasteiger partial charge in [0.15, 0.2) is 0 Å². The Hall–Kier alpha value is -2.16. The molecule has 1 N–H and O–H groups in total. The lowest BCUT2D eigenvalue weighted by Gasteiger charge is -2.17. The van der Waals surface area contributed by atoms with E-state index in [0.717, 1.165) is 28.8 Å². The van der Waals surface area contributed by atoms with Gasteiger partial charge in [-0.05, 0) is 47.4 Å². The number of benzene rings is 2. The van der Waals surface area contributed by atoms with E-state index in [4.69, 9.17) is 0 Å². The van der Waals surface area contributed by atoms with E-state index in [0.29, 0.717) is 6.42 Å². The summed E-state index contributed by atoms with van der Waals surface area (Å²) in [6, 6.07) is 12.3. The lowest BCUT2D eigenvalue weighted by Crippen LogP contribution is -2.18. The van der Waals surface area contributed by atoms with Gasteiger partial charge in [-0.15, -0.1) is 0 Å². The van der Waals surface area contributed by atoms with Crippen LogP contribution in [0, 0.1) is 5.82 Å². The summed E-state index contributed by atoms with van der Waals surface area (Å²) in [5.41, 5.74) is 3.81. The van der Waals surface area contributed by atoms with Crippen LogP contribution in [0.25, 0.3) is 11.1 Å². The number of hydrogen-bond donors (Lipinski definition) is 1. The summed E-state index contributed by atoms with van der Waals surface area (Å²) >= 11 is 0. The number of amides is 1. The number of fused-ring (bicyclic) bond motifs is 1. The number of carbonyl (C=O) groups excluding carboxylic acids is 1. The average molecular weight is 241 g/mol. The standard InChI is InChI=1S/C15H12FNO/c16-13-3-1-2-10(9-13)11-4-6-14-12(8-11)5-7-15(18)17-14/h1-4,6,8-9H,5,7H2,(H,17,18). The van der Waals surface area contributed by atoms with Gasteiger partial charge in [0.25, 0.3) is 0 Å². The molecule has 1 aliphatic rings. The molecular formula is C15H12FNO. The molecule has 2 nitrogen and oxygen atoms in total. The highest BCUT2D eigenvalue weighted by molar-refractivity contribution is 5.94. The van der Waals surface area contributed by atoms with Crippen LogP contribution in [0.2, 0.25) is 0 Å². The molecule has 0 atom stereocenters. The summed E-state index contributed by atoms with van der Waals surface area (Å²) in [5.74, 6) is -0.181. The van der Waals surface area contributed by atoms with E-state index in [-0.39, 0.29) is 11.7 Å². The van der Waals surface area contributed by atoms with Crippen LogP contribution in [0.5, 0.6) is 0 Å². The lowest BCUT2D eigenvalue weighted by molar-refractivity contribution is -0.116. The zero-order valence-electron chi connectivity index (χ0n) is 9.74. The zero-order valence-corrected chi connectivity index (χ0v) is 9.74. The Labute approximate surface area is 104 Å². The van der Waals surface area contributed by atoms with Crippen molar-refractivity contribution in [3.8, 4) is 11.1 Å². The van der Waals surface area contributed by atoms with Crippen LogP contribution in [-0.2, 0) is 11.2 Å². The number of aryl methyl sites for hydroxylation is 1. The molecule has 1 amide bonds. The number of carbonyl (C=O) groups is 1. The predicted octanol–water partition coefficient (Wildman–Crippen LogP) is 3.38. The molecule has 0 saturated carbocycles. The Kier molecular flexibility index (Phi) is 2.59. The summed E-state index contributed by atoms with van der Waals surface area (Å²) in [5, 5.41) is 2.84. The molecule has 0 aliphatic carbocycles. The Morgan fingerprint density at radius 2 is 1.83 bits per heavy atom. The third-order valence-electron chi connectivity index (χ3n) is 3.16. The van der Waals surface area contributed by atoms with Crippen molar-refractivity contribution in [1.82, 2.24) is 0 Å². The Balaban J connectivity index is 2.02. The predicted molar refractivity (Wildman–Crippen MR) is 68.8 cm³/mol. The van der Waals surface area contributed by atoms with Gasteiger partial charge in [0.1, 0.15) is 5.82 Å². The van der Waals surface area contributed by atoms with E-state index in [2.05, 4.69) is 5.32 Å². The second-order valence-electron chi connectivity index (χ2n) is 4.43. The molecule has 2 aromatic carbocycles. The molecule has 0 unspecified atom stereocenters. The first-order valence-corrected chi connectivity index (χ1v) is 5.91. The molecule has 0 fully saturated rings. The molecule has 3 heteroatoms. The van der Waals surface area contributed by atoms with Gasteiger partial charge in [0, 0.05) is 12.1 Å². The molecule has 90 valence electrons. The van der Waals surface area contributed by atoms with E-state index in [1.165, 1.54) is 12.1 Å². The lowest BCUT2D eigenvalue weighted by atomic mass is 9.97. The Morgan fingerprint density at radius 3 is 2.67 bits per heavy atom. The van der Waals surface area contributed by atoms with Crippen molar-refractivity contribution in [2.75, 3.05) is 5.32 Å². The van der Waals surface area contributed by atoms with E-state index < -0.39 is 0 Å². The van der Waals surface area contributed by atoms with Gasteiger partial charge in [0.2, 0.25) is 5.91 Å². The molecule has 1 aliphatic heterocycles. The second-order valence-corrected chi connectivity index (χ2v) is 4.43. The molecule has 0 spiro atoms. The smallest absolute Gasteiger partial charge is 0.224 e. The van der Waals surface area contributed by atoms with Gasteiger partial charge in [-0.2, -0.15) is 0 Å². The Morgan fingerprint density at radius 1 is 1.00 bits per heavy atom. The highest BCUT2D eigenvalue weighted by atomic mass is 19.1. The summed E-state index contributed by atoms with van der Waals surface area (Å²) in [4.78, 5) is 11.3. The van der Waals surface area contributed by atoms with E-state index in [1.54, 1.807) is 6.07 Å². The first-order valence-electron chi connectivity index (χ1n) is 5.91. The van der Waals surface area contributed by atoms with Crippen LogP contribution in [0.1, 0.15) is 12.0 Å². The molecule has 0 radical (unpaired) electrons. The molecule has 18 heavy (non-hydrogen) atoms. The minimum absolute atomic E-state index is 0.0565. The minimum Gasteiger partial charge on any atom is -0.326 e. The number of nitrogens with one attached hydrogen (secondary N) is 1. The van der Waals surface area contributed by atoms with Crippen molar-refractivity contribution < 1.29 is 9.18 Å². The zero-order chi connectivity index (χ0) is 12.5.